The van der Waals surface area contributed by atoms with E-state index >= 15 is 0 Å². The SMILES string of the molecule is CN(C)C(=O)Nc1ccc(CNC(=O)c2nn(C)c3c2[C@H]2CC[C@@H](C3)N2c2ccc(C(=O)N(C)C)cn2)cc1. The average Bonchev–Trinajstić information content (AvgIpc) is 3.42. The van der Waals surface area contributed by atoms with E-state index in [1.54, 1.807) is 34.4 Å². The predicted octanol–water partition coefficient (Wildman–Crippen LogP) is 2.81. The first-order chi connectivity index (χ1) is 18.6. The van der Waals surface area contributed by atoms with Gasteiger partial charge < -0.3 is 25.3 Å². The molecular formula is C28H34N8O3. The van der Waals surface area contributed by atoms with E-state index in [4.69, 9.17) is 0 Å². The Labute approximate surface area is 227 Å². The van der Waals surface area contributed by atoms with Crippen LogP contribution in [0, 0.1) is 0 Å². The number of hydrogen-bond acceptors (Lipinski definition) is 6. The predicted molar refractivity (Wildman–Crippen MR) is 148 cm³/mol. The number of nitrogens with zero attached hydrogens (tertiary/aromatic N) is 6. The molecule has 2 bridgehead atoms. The van der Waals surface area contributed by atoms with Crippen molar-refractivity contribution >= 4 is 29.4 Å². The number of aromatic nitrogens is 3. The van der Waals surface area contributed by atoms with E-state index in [0.29, 0.717) is 23.5 Å². The Hall–Kier alpha value is -4.41. The summed E-state index contributed by atoms with van der Waals surface area (Å²) in [5.41, 5.74) is 4.63. The Morgan fingerprint density at radius 3 is 2.38 bits per heavy atom. The van der Waals surface area contributed by atoms with Crippen molar-refractivity contribution < 1.29 is 14.4 Å². The van der Waals surface area contributed by atoms with E-state index in [9.17, 15) is 14.4 Å². The Morgan fingerprint density at radius 1 is 1.00 bits per heavy atom. The molecule has 0 saturated carbocycles. The van der Waals surface area contributed by atoms with Gasteiger partial charge in [-0.25, -0.2) is 9.78 Å². The van der Waals surface area contributed by atoms with Crippen LogP contribution in [0.3, 0.4) is 0 Å². The first-order valence-corrected chi connectivity index (χ1v) is 13.0. The van der Waals surface area contributed by atoms with Gasteiger partial charge in [-0.3, -0.25) is 14.3 Å². The lowest BCUT2D eigenvalue weighted by Gasteiger charge is -2.36. The number of aryl methyl sites for hydroxylation is 1. The van der Waals surface area contributed by atoms with Crippen LogP contribution in [0.4, 0.5) is 16.3 Å². The van der Waals surface area contributed by atoms with Crippen molar-refractivity contribution in [1.29, 1.82) is 0 Å². The number of carbonyl (C=O) groups is 3. The van der Waals surface area contributed by atoms with Gasteiger partial charge in [0.15, 0.2) is 5.69 Å². The molecule has 2 aliphatic heterocycles. The van der Waals surface area contributed by atoms with Crippen LogP contribution in [-0.2, 0) is 20.0 Å². The van der Waals surface area contributed by atoms with Gasteiger partial charge in [0.1, 0.15) is 5.82 Å². The summed E-state index contributed by atoms with van der Waals surface area (Å²) < 4.78 is 1.83. The zero-order valence-corrected chi connectivity index (χ0v) is 22.9. The van der Waals surface area contributed by atoms with Crippen LogP contribution in [0.25, 0.3) is 0 Å². The molecule has 0 aliphatic carbocycles. The van der Waals surface area contributed by atoms with Crippen molar-refractivity contribution in [1.82, 2.24) is 29.9 Å². The third-order valence-electron chi connectivity index (χ3n) is 7.42. The quantitative estimate of drug-likeness (QED) is 0.507. The topological polar surface area (TPSA) is 116 Å². The van der Waals surface area contributed by atoms with Gasteiger partial charge in [-0.2, -0.15) is 5.10 Å². The molecule has 5 rings (SSSR count). The van der Waals surface area contributed by atoms with Crippen LogP contribution < -0.4 is 15.5 Å². The molecule has 2 aromatic heterocycles. The maximum absolute atomic E-state index is 13.4. The smallest absolute Gasteiger partial charge is 0.321 e. The summed E-state index contributed by atoms with van der Waals surface area (Å²) in [5, 5.41) is 10.4. The number of anilines is 2. The fourth-order valence-electron chi connectivity index (χ4n) is 5.40. The second kappa shape index (κ2) is 10.4. The first-order valence-electron chi connectivity index (χ1n) is 13.0. The molecule has 0 spiro atoms. The highest BCUT2D eigenvalue weighted by atomic mass is 16.2. The molecule has 2 atom stereocenters. The van der Waals surface area contributed by atoms with E-state index in [-0.39, 0.29) is 29.9 Å². The third-order valence-corrected chi connectivity index (χ3v) is 7.42. The second-order valence-corrected chi connectivity index (χ2v) is 10.5. The summed E-state index contributed by atoms with van der Waals surface area (Å²) in [4.78, 5) is 47.4. The second-order valence-electron chi connectivity index (χ2n) is 10.5. The lowest BCUT2D eigenvalue weighted by atomic mass is 9.96. The van der Waals surface area contributed by atoms with Gasteiger partial charge in [-0.05, 0) is 42.7 Å². The fraction of sp³-hybridized carbons (Fsp3) is 0.393. The van der Waals surface area contributed by atoms with E-state index in [2.05, 4.69) is 25.6 Å². The third kappa shape index (κ3) is 5.04. The molecule has 1 saturated heterocycles. The van der Waals surface area contributed by atoms with Gasteiger partial charge in [-0.15, -0.1) is 0 Å². The van der Waals surface area contributed by atoms with Crippen LogP contribution >= 0.6 is 0 Å². The Bertz CT molecular complexity index is 1400. The van der Waals surface area contributed by atoms with Crippen molar-refractivity contribution in [3.8, 4) is 0 Å². The van der Waals surface area contributed by atoms with Crippen LogP contribution in [0.5, 0.6) is 0 Å². The number of hydrogen-bond donors (Lipinski definition) is 2. The normalized spacial score (nSPS) is 17.4. The molecule has 204 valence electrons. The number of amides is 4. The lowest BCUT2D eigenvalue weighted by Crippen LogP contribution is -2.39. The largest absolute Gasteiger partial charge is 0.347 e. The minimum atomic E-state index is -0.220. The lowest BCUT2D eigenvalue weighted by molar-refractivity contribution is 0.0826. The molecule has 4 amide bonds. The number of nitrogens with one attached hydrogen (secondary N) is 2. The van der Waals surface area contributed by atoms with Crippen LogP contribution in [0.2, 0.25) is 0 Å². The van der Waals surface area contributed by atoms with E-state index in [0.717, 1.165) is 41.9 Å². The highest BCUT2D eigenvalue weighted by molar-refractivity contribution is 5.95. The Balaban J connectivity index is 1.32. The van der Waals surface area contributed by atoms with Gasteiger partial charge in [0.25, 0.3) is 11.8 Å². The van der Waals surface area contributed by atoms with Crippen molar-refractivity contribution in [2.75, 3.05) is 38.4 Å². The zero-order valence-electron chi connectivity index (χ0n) is 22.9. The van der Waals surface area contributed by atoms with Crippen molar-refractivity contribution in [2.45, 2.75) is 37.9 Å². The number of pyridine rings is 1. The Kier molecular flexibility index (Phi) is 6.98. The van der Waals surface area contributed by atoms with E-state index in [1.807, 2.05) is 48.1 Å². The monoisotopic (exact) mass is 530 g/mol. The molecule has 2 N–H and O–H groups in total. The zero-order chi connectivity index (χ0) is 27.8. The summed E-state index contributed by atoms with van der Waals surface area (Å²) in [7, 11) is 8.70. The van der Waals surface area contributed by atoms with Gasteiger partial charge in [0.2, 0.25) is 0 Å². The van der Waals surface area contributed by atoms with Gasteiger partial charge >= 0.3 is 6.03 Å². The Morgan fingerprint density at radius 2 is 1.74 bits per heavy atom. The minimum Gasteiger partial charge on any atom is -0.347 e. The number of benzene rings is 1. The fourth-order valence-corrected chi connectivity index (χ4v) is 5.40. The van der Waals surface area contributed by atoms with Gasteiger partial charge in [-0.1, -0.05) is 12.1 Å². The maximum Gasteiger partial charge on any atom is 0.321 e. The highest BCUT2D eigenvalue weighted by Crippen LogP contribution is 2.46. The van der Waals surface area contributed by atoms with Crippen molar-refractivity contribution in [3.63, 3.8) is 0 Å². The van der Waals surface area contributed by atoms with Crippen LogP contribution in [0.1, 0.15) is 56.6 Å². The van der Waals surface area contributed by atoms with Crippen molar-refractivity contribution in [2.24, 2.45) is 7.05 Å². The number of urea groups is 1. The van der Waals surface area contributed by atoms with Crippen molar-refractivity contribution in [3.05, 3.63) is 70.7 Å². The van der Waals surface area contributed by atoms with Gasteiger partial charge in [0, 0.05) is 77.4 Å². The molecule has 11 nitrogen and oxygen atoms in total. The number of rotatable bonds is 6. The molecule has 39 heavy (non-hydrogen) atoms. The summed E-state index contributed by atoms with van der Waals surface area (Å²) in [5.74, 6) is 0.499. The summed E-state index contributed by atoms with van der Waals surface area (Å²) in [6.07, 6.45) is 4.31. The standard InChI is InChI=1S/C28H34N8O3/c1-33(2)27(38)18-8-13-23(29-16-18)36-20-11-12-21(36)24-22(14-20)35(5)32-25(24)26(37)30-15-17-6-9-19(10-7-17)31-28(39)34(3)4/h6-10,13,16,20-21H,11-12,14-15H2,1-5H3,(H,30,37)(H,31,39)/t20-,21+/m0/s1. The van der Waals surface area contributed by atoms with E-state index in [1.165, 1.54) is 9.80 Å². The molecule has 1 aromatic carbocycles. The highest BCUT2D eigenvalue weighted by Gasteiger charge is 2.45. The molecular weight excluding hydrogens is 496 g/mol. The summed E-state index contributed by atoms with van der Waals surface area (Å²) in [6.45, 7) is 0.339. The molecule has 1 fully saturated rings. The molecule has 0 unspecified atom stereocenters. The molecule has 2 aliphatic rings. The maximum atomic E-state index is 13.4. The van der Waals surface area contributed by atoms with Gasteiger partial charge in [0.05, 0.1) is 11.6 Å². The summed E-state index contributed by atoms with van der Waals surface area (Å²) in [6, 6.07) is 11.1. The minimum absolute atomic E-state index is 0.00399. The molecule has 0 radical (unpaired) electrons. The molecule has 11 heteroatoms. The first kappa shape index (κ1) is 26.2. The molecule has 3 aromatic rings. The van der Waals surface area contributed by atoms with Crippen LogP contribution in [-0.4, -0.2) is 76.6 Å². The van der Waals surface area contributed by atoms with E-state index < -0.39 is 0 Å². The molecule has 4 heterocycles. The van der Waals surface area contributed by atoms with Crippen LogP contribution in [0.15, 0.2) is 42.6 Å². The average molecular weight is 531 g/mol. The number of carbonyl (C=O) groups excluding carboxylic acids is 3. The summed E-state index contributed by atoms with van der Waals surface area (Å²) >= 11 is 0. The number of fused-ring (bicyclic) bond motifs is 4.